The van der Waals surface area contributed by atoms with E-state index in [9.17, 15) is 0 Å². The zero-order valence-electron chi connectivity index (χ0n) is 12.4. The standard InChI is InChI=1S/C22H12Se/c1-2-12-4-6-14-8-16-10-23-9-15-7-13-5-3-11(1)18-19(12)21(14)22(17(15)16)20(13)18/h1-8H,9-10H2. The Labute approximate surface area is 139 Å². The van der Waals surface area contributed by atoms with Crippen molar-refractivity contribution >= 4 is 68.8 Å². The summed E-state index contributed by atoms with van der Waals surface area (Å²) in [5.41, 5.74) is 3.19. The molecule has 0 radical (unpaired) electrons. The summed E-state index contributed by atoms with van der Waals surface area (Å²) in [5.74, 6) is 0. The summed E-state index contributed by atoms with van der Waals surface area (Å²) in [5, 5.41) is 17.5. The molecule has 0 saturated heterocycles. The third-order valence-corrected chi connectivity index (χ3v) is 7.96. The molecule has 0 saturated carbocycles. The summed E-state index contributed by atoms with van der Waals surface area (Å²) < 4.78 is 0. The van der Waals surface area contributed by atoms with Gasteiger partial charge in [-0.1, -0.05) is 0 Å². The van der Waals surface area contributed by atoms with E-state index in [0.29, 0.717) is 0 Å². The van der Waals surface area contributed by atoms with Crippen molar-refractivity contribution in [3.8, 4) is 0 Å². The molecule has 23 heavy (non-hydrogen) atoms. The van der Waals surface area contributed by atoms with E-state index >= 15 is 0 Å². The van der Waals surface area contributed by atoms with Crippen LogP contribution in [0.2, 0.25) is 0 Å². The second kappa shape index (κ2) is 3.53. The minimum atomic E-state index is 0.719. The van der Waals surface area contributed by atoms with Crippen molar-refractivity contribution in [2.75, 3.05) is 0 Å². The molecule has 1 aliphatic rings. The third kappa shape index (κ3) is 1.14. The van der Waals surface area contributed by atoms with Crippen LogP contribution in [-0.2, 0) is 10.6 Å². The number of hydrogen-bond acceptors (Lipinski definition) is 0. The van der Waals surface area contributed by atoms with Crippen LogP contribution in [0.1, 0.15) is 11.1 Å². The van der Waals surface area contributed by atoms with E-state index in [2.05, 4.69) is 48.5 Å². The summed E-state index contributed by atoms with van der Waals surface area (Å²) in [4.78, 5) is 0. The molecule has 0 unspecified atom stereocenters. The Kier molecular flexibility index (Phi) is 1.76. The molecular formula is C22H12Se. The molecule has 0 bridgehead atoms. The molecule has 0 N–H and O–H groups in total. The van der Waals surface area contributed by atoms with Crippen LogP contribution in [-0.4, -0.2) is 15.0 Å². The Morgan fingerprint density at radius 3 is 1.43 bits per heavy atom. The molecule has 6 aromatic carbocycles. The van der Waals surface area contributed by atoms with Gasteiger partial charge in [-0.2, -0.15) is 0 Å². The summed E-state index contributed by atoms with van der Waals surface area (Å²) in [6.45, 7) is 0. The molecule has 0 nitrogen and oxygen atoms in total. The van der Waals surface area contributed by atoms with Gasteiger partial charge in [0.25, 0.3) is 0 Å². The number of rotatable bonds is 0. The number of hydrogen-bond donors (Lipinski definition) is 0. The van der Waals surface area contributed by atoms with Crippen molar-refractivity contribution in [3.63, 3.8) is 0 Å². The molecule has 0 aromatic heterocycles. The summed E-state index contributed by atoms with van der Waals surface area (Å²) in [7, 11) is 0. The fourth-order valence-electron chi connectivity index (χ4n) is 4.97. The second-order valence-corrected chi connectivity index (χ2v) is 8.97. The van der Waals surface area contributed by atoms with Gasteiger partial charge < -0.3 is 0 Å². The van der Waals surface area contributed by atoms with Gasteiger partial charge in [0.05, 0.1) is 0 Å². The summed E-state index contributed by atoms with van der Waals surface area (Å²) in [6, 6.07) is 18.9. The van der Waals surface area contributed by atoms with Gasteiger partial charge in [-0.3, -0.25) is 0 Å². The Balaban J connectivity index is 2.04. The van der Waals surface area contributed by atoms with Gasteiger partial charge >= 0.3 is 139 Å². The SMILES string of the molecule is c1cc2ccc3cc4c5c(cc6ccc1c1c2c3c5c61)C[Se]C4. The maximum atomic E-state index is 2.48. The van der Waals surface area contributed by atoms with Crippen LogP contribution < -0.4 is 0 Å². The van der Waals surface area contributed by atoms with Crippen molar-refractivity contribution in [1.82, 2.24) is 0 Å². The van der Waals surface area contributed by atoms with Crippen molar-refractivity contribution in [3.05, 3.63) is 59.7 Å². The van der Waals surface area contributed by atoms with Gasteiger partial charge in [0.1, 0.15) is 0 Å². The van der Waals surface area contributed by atoms with Crippen LogP contribution in [0.4, 0.5) is 0 Å². The Hall–Kier alpha value is -2.08. The van der Waals surface area contributed by atoms with E-state index in [-0.39, 0.29) is 0 Å². The second-order valence-electron chi connectivity index (χ2n) is 6.90. The fraction of sp³-hybridized carbons (Fsp3) is 0.0909. The molecule has 0 spiro atoms. The monoisotopic (exact) mass is 356 g/mol. The Bertz CT molecular complexity index is 1270. The van der Waals surface area contributed by atoms with Gasteiger partial charge in [-0.05, 0) is 0 Å². The van der Waals surface area contributed by atoms with E-state index in [1.54, 1.807) is 21.9 Å². The van der Waals surface area contributed by atoms with Gasteiger partial charge in [-0.15, -0.1) is 0 Å². The predicted molar refractivity (Wildman–Crippen MR) is 101 cm³/mol. The van der Waals surface area contributed by atoms with E-state index in [1.807, 2.05) is 0 Å². The van der Waals surface area contributed by atoms with E-state index in [1.165, 1.54) is 53.7 Å². The minimum absolute atomic E-state index is 0.719. The first-order valence-electron chi connectivity index (χ1n) is 8.17. The van der Waals surface area contributed by atoms with Gasteiger partial charge in [0.15, 0.2) is 0 Å². The zero-order valence-corrected chi connectivity index (χ0v) is 14.2. The van der Waals surface area contributed by atoms with Crippen LogP contribution in [0, 0.1) is 0 Å². The predicted octanol–water partition coefficient (Wildman–Crippen LogP) is 5.48. The van der Waals surface area contributed by atoms with Crippen LogP contribution in [0.3, 0.4) is 0 Å². The molecule has 106 valence electrons. The van der Waals surface area contributed by atoms with Crippen molar-refractivity contribution in [2.24, 2.45) is 0 Å². The third-order valence-electron chi connectivity index (χ3n) is 5.80. The summed E-state index contributed by atoms with van der Waals surface area (Å²) in [6.07, 6.45) is 0. The van der Waals surface area contributed by atoms with E-state index in [4.69, 9.17) is 0 Å². The average Bonchev–Trinajstić information content (AvgIpc) is 2.96. The van der Waals surface area contributed by atoms with Crippen molar-refractivity contribution in [2.45, 2.75) is 10.6 Å². The molecular weight excluding hydrogens is 343 g/mol. The van der Waals surface area contributed by atoms with Gasteiger partial charge in [0.2, 0.25) is 0 Å². The quantitative estimate of drug-likeness (QED) is 0.250. The topological polar surface area (TPSA) is 0 Å². The summed E-state index contributed by atoms with van der Waals surface area (Å²) >= 11 is 0.719. The van der Waals surface area contributed by atoms with Crippen molar-refractivity contribution in [1.29, 1.82) is 0 Å². The first kappa shape index (κ1) is 11.5. The van der Waals surface area contributed by atoms with Crippen LogP contribution >= 0.6 is 0 Å². The molecule has 0 fully saturated rings. The van der Waals surface area contributed by atoms with Gasteiger partial charge in [-0.25, -0.2) is 0 Å². The molecule has 7 rings (SSSR count). The van der Waals surface area contributed by atoms with Crippen LogP contribution in [0.5, 0.6) is 0 Å². The molecule has 1 heterocycles. The fourth-order valence-corrected chi connectivity index (χ4v) is 7.06. The van der Waals surface area contributed by atoms with E-state index < -0.39 is 0 Å². The molecule has 0 aliphatic carbocycles. The molecule has 6 aromatic rings. The zero-order chi connectivity index (χ0) is 14.7. The molecule has 1 heteroatoms. The van der Waals surface area contributed by atoms with Crippen molar-refractivity contribution < 1.29 is 0 Å². The Morgan fingerprint density at radius 1 is 0.478 bits per heavy atom. The first-order chi connectivity index (χ1) is 11.4. The molecule has 0 atom stereocenters. The van der Waals surface area contributed by atoms with Crippen LogP contribution in [0.15, 0.2) is 48.5 Å². The van der Waals surface area contributed by atoms with E-state index in [0.717, 1.165) is 15.0 Å². The Morgan fingerprint density at radius 2 is 0.913 bits per heavy atom. The molecule has 0 amide bonds. The van der Waals surface area contributed by atoms with Crippen LogP contribution in [0.25, 0.3) is 53.9 Å². The number of benzene rings is 5. The average molecular weight is 355 g/mol. The van der Waals surface area contributed by atoms with Gasteiger partial charge in [0, 0.05) is 0 Å². The normalized spacial score (nSPS) is 15.3. The maximum absolute atomic E-state index is 2.48. The molecule has 1 aliphatic heterocycles. The first-order valence-corrected chi connectivity index (χ1v) is 10.6.